The fourth-order valence-electron chi connectivity index (χ4n) is 2.54. The number of carboxylic acids is 1. The van der Waals surface area contributed by atoms with E-state index in [2.05, 4.69) is 12.2 Å². The zero-order valence-electron chi connectivity index (χ0n) is 10.1. The van der Waals surface area contributed by atoms with Crippen molar-refractivity contribution in [2.45, 2.75) is 38.6 Å². The van der Waals surface area contributed by atoms with Crippen LogP contribution in [0.25, 0.3) is 0 Å². The largest absolute Gasteiger partial charge is 0.481 e. The molecule has 4 unspecified atom stereocenters. The molecule has 4 heteroatoms. The molecule has 2 N–H and O–H groups in total. The second-order valence-electron chi connectivity index (χ2n) is 5.01. The first-order chi connectivity index (χ1) is 8.13. The summed E-state index contributed by atoms with van der Waals surface area (Å²) in [6.07, 6.45) is 6.91. The van der Waals surface area contributed by atoms with Crippen molar-refractivity contribution in [2.24, 2.45) is 17.8 Å². The van der Waals surface area contributed by atoms with E-state index in [0.717, 1.165) is 12.8 Å². The number of carbonyl (C=O) groups excluding carboxylic acids is 1. The van der Waals surface area contributed by atoms with Crippen LogP contribution >= 0.6 is 0 Å². The predicted octanol–water partition coefficient (Wildman–Crippen LogP) is 1.57. The van der Waals surface area contributed by atoms with E-state index < -0.39 is 17.8 Å². The van der Waals surface area contributed by atoms with Gasteiger partial charge >= 0.3 is 5.97 Å². The molecular formula is C13H19NO3. The first-order valence-electron chi connectivity index (χ1n) is 6.31. The third kappa shape index (κ3) is 2.68. The van der Waals surface area contributed by atoms with Crippen molar-refractivity contribution in [1.29, 1.82) is 0 Å². The van der Waals surface area contributed by atoms with Gasteiger partial charge in [0.1, 0.15) is 0 Å². The number of amides is 1. The Bertz CT molecular complexity index is 351. The van der Waals surface area contributed by atoms with Crippen molar-refractivity contribution in [1.82, 2.24) is 5.32 Å². The van der Waals surface area contributed by atoms with E-state index in [4.69, 9.17) is 5.11 Å². The summed E-state index contributed by atoms with van der Waals surface area (Å²) in [6.45, 7) is 2.11. The summed E-state index contributed by atoms with van der Waals surface area (Å²) in [7, 11) is 0. The topological polar surface area (TPSA) is 66.4 Å². The van der Waals surface area contributed by atoms with Gasteiger partial charge in [0.15, 0.2) is 0 Å². The Balaban J connectivity index is 1.93. The van der Waals surface area contributed by atoms with Gasteiger partial charge in [-0.25, -0.2) is 0 Å². The molecule has 2 aliphatic rings. The van der Waals surface area contributed by atoms with Crippen molar-refractivity contribution in [3.8, 4) is 0 Å². The van der Waals surface area contributed by atoms with Crippen LogP contribution in [-0.4, -0.2) is 23.0 Å². The van der Waals surface area contributed by atoms with Gasteiger partial charge in [-0.15, -0.1) is 0 Å². The molecule has 0 saturated heterocycles. The molecular weight excluding hydrogens is 218 g/mol. The van der Waals surface area contributed by atoms with Gasteiger partial charge in [0.2, 0.25) is 5.91 Å². The highest BCUT2D eigenvalue weighted by Gasteiger charge is 2.40. The third-order valence-corrected chi connectivity index (χ3v) is 3.86. The quantitative estimate of drug-likeness (QED) is 0.729. The summed E-state index contributed by atoms with van der Waals surface area (Å²) in [6, 6.07) is 0.285. The van der Waals surface area contributed by atoms with Gasteiger partial charge < -0.3 is 10.4 Å². The number of allylic oxidation sites excluding steroid dienone is 2. The molecule has 1 fully saturated rings. The van der Waals surface area contributed by atoms with Crippen LogP contribution in [0.1, 0.15) is 32.6 Å². The maximum atomic E-state index is 12.0. The van der Waals surface area contributed by atoms with E-state index in [0.29, 0.717) is 18.8 Å². The lowest BCUT2D eigenvalue weighted by Gasteiger charge is -2.24. The molecule has 0 bridgehead atoms. The van der Waals surface area contributed by atoms with E-state index in [1.807, 2.05) is 12.2 Å². The Morgan fingerprint density at radius 3 is 2.47 bits per heavy atom. The van der Waals surface area contributed by atoms with Gasteiger partial charge in [-0.1, -0.05) is 25.5 Å². The maximum Gasteiger partial charge on any atom is 0.307 e. The summed E-state index contributed by atoms with van der Waals surface area (Å²) in [5.74, 6) is -1.30. The number of hydrogen-bond donors (Lipinski definition) is 2. The lowest BCUT2D eigenvalue weighted by molar-refractivity contribution is -0.147. The van der Waals surface area contributed by atoms with Crippen molar-refractivity contribution in [3.05, 3.63) is 12.2 Å². The minimum Gasteiger partial charge on any atom is -0.481 e. The van der Waals surface area contributed by atoms with Gasteiger partial charge in [-0.05, 0) is 25.2 Å². The molecule has 2 rings (SSSR count). The second-order valence-corrected chi connectivity index (χ2v) is 5.01. The predicted molar refractivity (Wildman–Crippen MR) is 63.3 cm³/mol. The standard InChI is InChI=1S/C13H19NO3/c1-2-8-7-11(8)14-12(15)9-5-3-4-6-10(9)13(16)17/h3-4,8-11H,2,5-7H2,1H3,(H,14,15)(H,16,17). The summed E-state index contributed by atoms with van der Waals surface area (Å²) in [4.78, 5) is 23.1. The van der Waals surface area contributed by atoms with Crippen molar-refractivity contribution < 1.29 is 14.7 Å². The minimum absolute atomic E-state index is 0.0808. The smallest absolute Gasteiger partial charge is 0.307 e. The molecule has 0 aromatic rings. The van der Waals surface area contributed by atoms with Gasteiger partial charge in [-0.3, -0.25) is 9.59 Å². The molecule has 0 heterocycles. The molecule has 1 saturated carbocycles. The van der Waals surface area contributed by atoms with E-state index in [1.54, 1.807) is 0 Å². The number of carboxylic acid groups (broad SMARTS) is 1. The minimum atomic E-state index is -0.864. The Morgan fingerprint density at radius 2 is 1.94 bits per heavy atom. The van der Waals surface area contributed by atoms with E-state index in [9.17, 15) is 9.59 Å². The molecule has 17 heavy (non-hydrogen) atoms. The number of aliphatic carboxylic acids is 1. The highest BCUT2D eigenvalue weighted by Crippen LogP contribution is 2.34. The van der Waals surface area contributed by atoms with Gasteiger partial charge in [0.05, 0.1) is 11.8 Å². The Hall–Kier alpha value is -1.32. The molecule has 0 radical (unpaired) electrons. The number of rotatable bonds is 4. The van der Waals surface area contributed by atoms with Gasteiger partial charge in [0.25, 0.3) is 0 Å². The average molecular weight is 237 g/mol. The molecule has 0 spiro atoms. The van der Waals surface area contributed by atoms with Gasteiger partial charge in [-0.2, -0.15) is 0 Å². The van der Waals surface area contributed by atoms with Crippen molar-refractivity contribution in [3.63, 3.8) is 0 Å². The van der Waals surface area contributed by atoms with Crippen LogP contribution in [-0.2, 0) is 9.59 Å². The fourth-order valence-corrected chi connectivity index (χ4v) is 2.54. The zero-order valence-corrected chi connectivity index (χ0v) is 10.1. The van der Waals surface area contributed by atoms with E-state index in [1.165, 1.54) is 0 Å². The van der Waals surface area contributed by atoms with Crippen LogP contribution < -0.4 is 5.32 Å². The average Bonchev–Trinajstić information content (AvgIpc) is 3.07. The first-order valence-corrected chi connectivity index (χ1v) is 6.31. The van der Waals surface area contributed by atoms with E-state index in [-0.39, 0.29) is 11.9 Å². The normalized spacial score (nSPS) is 35.4. The molecule has 0 aromatic heterocycles. The van der Waals surface area contributed by atoms with Crippen LogP contribution in [0.15, 0.2) is 12.2 Å². The Kier molecular flexibility index (Phi) is 3.50. The number of hydrogen-bond acceptors (Lipinski definition) is 2. The lowest BCUT2D eigenvalue weighted by Crippen LogP contribution is -2.40. The van der Waals surface area contributed by atoms with Crippen LogP contribution in [0.3, 0.4) is 0 Å². The second kappa shape index (κ2) is 4.90. The fraction of sp³-hybridized carbons (Fsp3) is 0.692. The molecule has 0 aliphatic heterocycles. The van der Waals surface area contributed by atoms with Crippen molar-refractivity contribution in [2.75, 3.05) is 0 Å². The molecule has 4 nitrogen and oxygen atoms in total. The lowest BCUT2D eigenvalue weighted by atomic mass is 9.82. The number of carbonyl (C=O) groups is 2. The summed E-state index contributed by atoms with van der Waals surface area (Å²) in [5, 5.41) is 12.1. The number of nitrogens with one attached hydrogen (secondary N) is 1. The molecule has 4 atom stereocenters. The summed E-state index contributed by atoms with van der Waals surface area (Å²) < 4.78 is 0. The van der Waals surface area contributed by atoms with Crippen LogP contribution in [0.5, 0.6) is 0 Å². The summed E-state index contributed by atoms with van der Waals surface area (Å²) >= 11 is 0. The molecule has 1 amide bonds. The highest BCUT2D eigenvalue weighted by molar-refractivity contribution is 5.85. The highest BCUT2D eigenvalue weighted by atomic mass is 16.4. The zero-order chi connectivity index (χ0) is 12.4. The van der Waals surface area contributed by atoms with Crippen LogP contribution in [0, 0.1) is 17.8 Å². The Labute approximate surface area is 101 Å². The molecule has 2 aliphatic carbocycles. The van der Waals surface area contributed by atoms with Crippen LogP contribution in [0.2, 0.25) is 0 Å². The van der Waals surface area contributed by atoms with Crippen LogP contribution in [0.4, 0.5) is 0 Å². The SMILES string of the molecule is CCC1CC1NC(=O)C1CC=CCC1C(=O)O. The molecule has 0 aromatic carbocycles. The first kappa shape index (κ1) is 12.1. The van der Waals surface area contributed by atoms with E-state index >= 15 is 0 Å². The Morgan fingerprint density at radius 1 is 1.29 bits per heavy atom. The third-order valence-electron chi connectivity index (χ3n) is 3.86. The van der Waals surface area contributed by atoms with Crippen molar-refractivity contribution >= 4 is 11.9 Å². The summed E-state index contributed by atoms with van der Waals surface area (Å²) in [5.41, 5.74) is 0. The molecule has 94 valence electrons. The maximum absolute atomic E-state index is 12.0. The van der Waals surface area contributed by atoms with Gasteiger partial charge in [0, 0.05) is 6.04 Å². The monoisotopic (exact) mass is 237 g/mol.